The number of rotatable bonds is 2. The molecular weight excluding hydrogens is 240 g/mol. The average molecular weight is 260 g/mol. The molecule has 19 heavy (non-hydrogen) atoms. The van der Waals surface area contributed by atoms with E-state index < -0.39 is 11.8 Å². The fourth-order valence-corrected chi connectivity index (χ4v) is 3.01. The summed E-state index contributed by atoms with van der Waals surface area (Å²) in [6.07, 6.45) is 5.95. The second kappa shape index (κ2) is 5.43. The van der Waals surface area contributed by atoms with Crippen molar-refractivity contribution in [1.29, 1.82) is 0 Å². The van der Waals surface area contributed by atoms with Gasteiger partial charge in [-0.3, -0.25) is 9.59 Å². The number of aryl methyl sites for hydroxylation is 1. The standard InChI is InChI=1S/C15H20N2O2/c1-9-8-12(14(16)18)10-6-4-2-3-5-7-11(10)13(9)15(17)19/h8H,2-7H2,1H3,(H2,16,18)(H2,17,19). The lowest BCUT2D eigenvalue weighted by Crippen LogP contribution is -2.22. The zero-order chi connectivity index (χ0) is 14.0. The van der Waals surface area contributed by atoms with Crippen molar-refractivity contribution in [1.82, 2.24) is 0 Å². The monoisotopic (exact) mass is 260 g/mol. The lowest BCUT2D eigenvalue weighted by atomic mass is 9.84. The molecule has 1 aromatic carbocycles. The molecule has 0 aliphatic heterocycles. The van der Waals surface area contributed by atoms with Crippen LogP contribution in [0.3, 0.4) is 0 Å². The predicted molar refractivity (Wildman–Crippen MR) is 74.1 cm³/mol. The summed E-state index contributed by atoms with van der Waals surface area (Å²) in [5, 5.41) is 0. The van der Waals surface area contributed by atoms with Crippen LogP contribution in [0.5, 0.6) is 0 Å². The molecule has 0 saturated heterocycles. The summed E-state index contributed by atoms with van der Waals surface area (Å²) in [6.45, 7) is 1.81. The van der Waals surface area contributed by atoms with Crippen molar-refractivity contribution in [3.8, 4) is 0 Å². The van der Waals surface area contributed by atoms with E-state index in [1.807, 2.05) is 6.92 Å². The van der Waals surface area contributed by atoms with Crippen molar-refractivity contribution >= 4 is 11.8 Å². The minimum atomic E-state index is -0.420. The highest BCUT2D eigenvalue weighted by Gasteiger charge is 2.22. The fourth-order valence-electron chi connectivity index (χ4n) is 3.01. The van der Waals surface area contributed by atoms with Crippen LogP contribution >= 0.6 is 0 Å². The predicted octanol–water partition coefficient (Wildman–Crippen LogP) is 1.85. The zero-order valence-corrected chi connectivity index (χ0v) is 11.3. The molecule has 0 bridgehead atoms. The highest BCUT2D eigenvalue weighted by Crippen LogP contribution is 2.28. The molecule has 0 aromatic heterocycles. The Labute approximate surface area is 113 Å². The van der Waals surface area contributed by atoms with Crippen molar-refractivity contribution < 1.29 is 9.59 Å². The van der Waals surface area contributed by atoms with E-state index in [-0.39, 0.29) is 0 Å². The van der Waals surface area contributed by atoms with E-state index in [4.69, 9.17) is 11.5 Å². The molecule has 1 aliphatic carbocycles. The topological polar surface area (TPSA) is 86.2 Å². The van der Waals surface area contributed by atoms with Gasteiger partial charge in [-0.15, -0.1) is 0 Å². The molecule has 4 nitrogen and oxygen atoms in total. The second-order valence-corrected chi connectivity index (χ2v) is 5.22. The van der Waals surface area contributed by atoms with Crippen LogP contribution in [0.25, 0.3) is 0 Å². The Kier molecular flexibility index (Phi) is 3.88. The smallest absolute Gasteiger partial charge is 0.249 e. The zero-order valence-electron chi connectivity index (χ0n) is 11.3. The molecule has 0 atom stereocenters. The second-order valence-electron chi connectivity index (χ2n) is 5.22. The summed E-state index contributed by atoms with van der Waals surface area (Å²) in [7, 11) is 0. The van der Waals surface area contributed by atoms with Gasteiger partial charge in [-0.25, -0.2) is 0 Å². The first-order valence-electron chi connectivity index (χ1n) is 6.77. The molecule has 4 N–H and O–H groups in total. The molecule has 1 aromatic rings. The largest absolute Gasteiger partial charge is 0.366 e. The van der Waals surface area contributed by atoms with Gasteiger partial charge >= 0.3 is 0 Å². The van der Waals surface area contributed by atoms with Gasteiger partial charge in [-0.05, 0) is 55.4 Å². The van der Waals surface area contributed by atoms with Crippen LogP contribution in [0.2, 0.25) is 0 Å². The molecule has 1 aliphatic rings. The molecular formula is C15H20N2O2. The van der Waals surface area contributed by atoms with Crippen LogP contribution in [-0.2, 0) is 12.8 Å². The minimum Gasteiger partial charge on any atom is -0.366 e. The normalized spacial score (nSPS) is 15.2. The van der Waals surface area contributed by atoms with E-state index in [2.05, 4.69) is 0 Å². The van der Waals surface area contributed by atoms with Crippen LogP contribution in [0.1, 0.15) is 63.1 Å². The van der Waals surface area contributed by atoms with Gasteiger partial charge in [0, 0.05) is 11.1 Å². The third kappa shape index (κ3) is 2.62. The van der Waals surface area contributed by atoms with Gasteiger partial charge in [0.15, 0.2) is 0 Å². The Hall–Kier alpha value is -1.84. The number of nitrogens with two attached hydrogens (primary N) is 2. The summed E-state index contributed by atoms with van der Waals surface area (Å²) in [5.41, 5.74) is 14.7. The van der Waals surface area contributed by atoms with Crippen LogP contribution in [0.15, 0.2) is 6.07 Å². The first-order chi connectivity index (χ1) is 9.02. The van der Waals surface area contributed by atoms with Crippen LogP contribution in [-0.4, -0.2) is 11.8 Å². The van der Waals surface area contributed by atoms with E-state index in [0.29, 0.717) is 11.1 Å². The maximum atomic E-state index is 11.7. The van der Waals surface area contributed by atoms with E-state index in [1.165, 1.54) is 0 Å². The quantitative estimate of drug-likeness (QED) is 0.850. The number of fused-ring (bicyclic) bond motifs is 1. The summed E-state index contributed by atoms with van der Waals surface area (Å²) in [6, 6.07) is 1.71. The summed E-state index contributed by atoms with van der Waals surface area (Å²) in [5.74, 6) is -0.832. The van der Waals surface area contributed by atoms with Crippen LogP contribution in [0.4, 0.5) is 0 Å². The van der Waals surface area contributed by atoms with Gasteiger partial charge in [0.25, 0.3) is 0 Å². The van der Waals surface area contributed by atoms with Gasteiger partial charge in [0.2, 0.25) is 11.8 Å². The lowest BCUT2D eigenvalue weighted by molar-refractivity contribution is 0.0986. The average Bonchev–Trinajstić information content (AvgIpc) is 2.29. The number of hydrogen-bond donors (Lipinski definition) is 2. The van der Waals surface area contributed by atoms with E-state index in [9.17, 15) is 9.59 Å². The van der Waals surface area contributed by atoms with Crippen molar-refractivity contribution in [3.63, 3.8) is 0 Å². The van der Waals surface area contributed by atoms with Crippen LogP contribution in [0, 0.1) is 6.92 Å². The Morgan fingerprint density at radius 1 is 0.947 bits per heavy atom. The minimum absolute atomic E-state index is 0.412. The molecule has 102 valence electrons. The molecule has 2 amide bonds. The SMILES string of the molecule is Cc1cc(C(N)=O)c2c(c1C(N)=O)CCCCCC2. The Balaban J connectivity index is 2.69. The Morgan fingerprint density at radius 2 is 1.53 bits per heavy atom. The fraction of sp³-hybridized carbons (Fsp3) is 0.467. The number of hydrogen-bond acceptors (Lipinski definition) is 2. The van der Waals surface area contributed by atoms with Gasteiger partial charge in [0.1, 0.15) is 0 Å². The first-order valence-corrected chi connectivity index (χ1v) is 6.77. The molecule has 0 spiro atoms. The maximum Gasteiger partial charge on any atom is 0.249 e. The van der Waals surface area contributed by atoms with E-state index in [1.54, 1.807) is 6.07 Å². The van der Waals surface area contributed by atoms with Gasteiger partial charge in [-0.2, -0.15) is 0 Å². The summed E-state index contributed by atoms with van der Waals surface area (Å²) < 4.78 is 0. The number of carbonyl (C=O) groups excluding carboxylic acids is 2. The summed E-state index contributed by atoms with van der Waals surface area (Å²) >= 11 is 0. The van der Waals surface area contributed by atoms with Crippen molar-refractivity contribution in [2.45, 2.75) is 45.4 Å². The molecule has 0 fully saturated rings. The van der Waals surface area contributed by atoms with Gasteiger partial charge in [-0.1, -0.05) is 12.8 Å². The van der Waals surface area contributed by atoms with E-state index in [0.717, 1.165) is 55.2 Å². The number of primary amides is 2. The highest BCUT2D eigenvalue weighted by molar-refractivity contribution is 6.00. The highest BCUT2D eigenvalue weighted by atomic mass is 16.1. The maximum absolute atomic E-state index is 11.7. The molecule has 0 radical (unpaired) electrons. The van der Waals surface area contributed by atoms with Gasteiger partial charge < -0.3 is 11.5 Å². The third-order valence-corrected chi connectivity index (χ3v) is 3.86. The number of carbonyl (C=O) groups is 2. The van der Waals surface area contributed by atoms with Crippen molar-refractivity contribution in [2.24, 2.45) is 11.5 Å². The molecule has 0 unspecified atom stereocenters. The Morgan fingerprint density at radius 3 is 2.05 bits per heavy atom. The Bertz CT molecular complexity index is 535. The van der Waals surface area contributed by atoms with E-state index >= 15 is 0 Å². The number of amides is 2. The lowest BCUT2D eigenvalue weighted by Gasteiger charge is -2.20. The summed E-state index contributed by atoms with van der Waals surface area (Å²) in [4.78, 5) is 23.3. The molecule has 2 rings (SSSR count). The van der Waals surface area contributed by atoms with Crippen molar-refractivity contribution in [2.75, 3.05) is 0 Å². The first kappa shape index (κ1) is 13.6. The molecule has 0 saturated carbocycles. The molecule has 4 heteroatoms. The molecule has 0 heterocycles. The van der Waals surface area contributed by atoms with Crippen LogP contribution < -0.4 is 11.5 Å². The third-order valence-electron chi connectivity index (χ3n) is 3.86. The van der Waals surface area contributed by atoms with Gasteiger partial charge in [0.05, 0.1) is 0 Å². The number of benzene rings is 1. The van der Waals surface area contributed by atoms with Crippen molar-refractivity contribution in [3.05, 3.63) is 33.9 Å².